The summed E-state index contributed by atoms with van der Waals surface area (Å²) in [5, 5.41) is 2.73. The Morgan fingerprint density at radius 2 is 2.36 bits per heavy atom. The van der Waals surface area contributed by atoms with Gasteiger partial charge in [0.1, 0.15) is 5.76 Å². The highest BCUT2D eigenvalue weighted by Crippen LogP contribution is 2.08. The molecule has 1 atom stereocenters. The Hall–Kier alpha value is -1.29. The molecule has 0 unspecified atom stereocenters. The van der Waals surface area contributed by atoms with Crippen LogP contribution in [0.2, 0.25) is 0 Å². The van der Waals surface area contributed by atoms with E-state index in [9.17, 15) is 4.79 Å². The summed E-state index contributed by atoms with van der Waals surface area (Å²) in [4.78, 5) is 11.5. The zero-order chi connectivity index (χ0) is 10.6. The first-order chi connectivity index (χ1) is 6.67. The van der Waals surface area contributed by atoms with Crippen molar-refractivity contribution in [3.8, 4) is 0 Å². The van der Waals surface area contributed by atoms with Gasteiger partial charge in [-0.1, -0.05) is 6.92 Å². The van der Waals surface area contributed by atoms with E-state index in [2.05, 4.69) is 5.32 Å². The third kappa shape index (κ3) is 2.60. The zero-order valence-corrected chi connectivity index (χ0v) is 8.54. The fraction of sp³-hybridized carbons (Fsp3) is 0.500. The van der Waals surface area contributed by atoms with E-state index >= 15 is 0 Å². The summed E-state index contributed by atoms with van der Waals surface area (Å²) in [6.45, 7) is 4.25. The molecule has 0 aliphatic carbocycles. The number of nitrogens with two attached hydrogens (primary N) is 1. The van der Waals surface area contributed by atoms with E-state index in [1.165, 1.54) is 0 Å². The number of hydrogen-bond acceptors (Lipinski definition) is 3. The van der Waals surface area contributed by atoms with Crippen LogP contribution in [0.4, 0.5) is 0 Å². The monoisotopic (exact) mass is 196 g/mol. The van der Waals surface area contributed by atoms with Crippen molar-refractivity contribution >= 4 is 5.91 Å². The van der Waals surface area contributed by atoms with Gasteiger partial charge in [-0.25, -0.2) is 0 Å². The minimum absolute atomic E-state index is 0.0299. The molecule has 4 nitrogen and oxygen atoms in total. The van der Waals surface area contributed by atoms with E-state index in [1.54, 1.807) is 6.07 Å². The first-order valence-corrected chi connectivity index (χ1v) is 4.77. The van der Waals surface area contributed by atoms with Crippen LogP contribution in [-0.4, -0.2) is 18.5 Å². The van der Waals surface area contributed by atoms with Crippen LogP contribution in [0.15, 0.2) is 16.5 Å². The fourth-order valence-electron chi connectivity index (χ4n) is 1.04. The Kier molecular flexibility index (Phi) is 3.71. The molecule has 0 aliphatic rings. The van der Waals surface area contributed by atoms with Crippen LogP contribution in [0.3, 0.4) is 0 Å². The van der Waals surface area contributed by atoms with E-state index in [0.717, 1.165) is 12.2 Å². The van der Waals surface area contributed by atoms with Crippen LogP contribution in [0.5, 0.6) is 0 Å². The van der Waals surface area contributed by atoms with Crippen molar-refractivity contribution < 1.29 is 9.21 Å². The first-order valence-electron chi connectivity index (χ1n) is 4.77. The summed E-state index contributed by atoms with van der Waals surface area (Å²) >= 11 is 0. The maximum absolute atomic E-state index is 11.5. The molecule has 0 radical (unpaired) electrons. The van der Waals surface area contributed by atoms with Gasteiger partial charge in [0, 0.05) is 19.0 Å². The molecule has 0 aromatic carbocycles. The SMILES string of the molecule is CCc1ccc(C(=O)N[C@H](C)CN)o1. The highest BCUT2D eigenvalue weighted by molar-refractivity contribution is 5.91. The molecule has 0 spiro atoms. The van der Waals surface area contributed by atoms with Gasteiger partial charge in [-0.2, -0.15) is 0 Å². The van der Waals surface area contributed by atoms with Crippen LogP contribution < -0.4 is 11.1 Å². The third-order valence-electron chi connectivity index (χ3n) is 1.96. The number of rotatable bonds is 4. The minimum Gasteiger partial charge on any atom is -0.456 e. The van der Waals surface area contributed by atoms with Crippen molar-refractivity contribution in [1.29, 1.82) is 0 Å². The molecule has 14 heavy (non-hydrogen) atoms. The van der Waals surface area contributed by atoms with Crippen LogP contribution >= 0.6 is 0 Å². The van der Waals surface area contributed by atoms with E-state index in [1.807, 2.05) is 19.9 Å². The summed E-state index contributed by atoms with van der Waals surface area (Å²) < 4.78 is 5.29. The Morgan fingerprint density at radius 1 is 1.64 bits per heavy atom. The van der Waals surface area contributed by atoms with Gasteiger partial charge in [0.15, 0.2) is 5.76 Å². The maximum atomic E-state index is 11.5. The molecule has 1 rings (SSSR count). The number of carbonyl (C=O) groups is 1. The van der Waals surface area contributed by atoms with Gasteiger partial charge < -0.3 is 15.5 Å². The van der Waals surface area contributed by atoms with Crippen LogP contribution in [0.25, 0.3) is 0 Å². The number of aryl methyl sites for hydroxylation is 1. The number of hydrogen-bond donors (Lipinski definition) is 2. The second kappa shape index (κ2) is 4.81. The van der Waals surface area contributed by atoms with Crippen molar-refractivity contribution in [1.82, 2.24) is 5.32 Å². The Balaban J connectivity index is 2.60. The molecule has 78 valence electrons. The molecule has 0 fully saturated rings. The van der Waals surface area contributed by atoms with Crippen molar-refractivity contribution in [2.24, 2.45) is 5.73 Å². The predicted octanol–water partition coefficient (Wildman–Crippen LogP) is 0.919. The number of furan rings is 1. The van der Waals surface area contributed by atoms with Crippen LogP contribution in [-0.2, 0) is 6.42 Å². The van der Waals surface area contributed by atoms with Crippen molar-refractivity contribution in [3.05, 3.63) is 23.7 Å². The van der Waals surface area contributed by atoms with Gasteiger partial charge in [-0.15, -0.1) is 0 Å². The van der Waals surface area contributed by atoms with Gasteiger partial charge in [-0.3, -0.25) is 4.79 Å². The summed E-state index contributed by atoms with van der Waals surface area (Å²) in [6.07, 6.45) is 0.791. The van der Waals surface area contributed by atoms with Crippen molar-refractivity contribution in [2.45, 2.75) is 26.3 Å². The maximum Gasteiger partial charge on any atom is 0.287 e. The van der Waals surface area contributed by atoms with Crippen molar-refractivity contribution in [3.63, 3.8) is 0 Å². The summed E-state index contributed by atoms with van der Waals surface area (Å²) in [7, 11) is 0. The van der Waals surface area contributed by atoms with E-state index < -0.39 is 0 Å². The summed E-state index contributed by atoms with van der Waals surface area (Å²) in [5.41, 5.74) is 5.38. The van der Waals surface area contributed by atoms with Gasteiger partial charge in [0.2, 0.25) is 0 Å². The average Bonchev–Trinajstić information content (AvgIpc) is 2.65. The highest BCUT2D eigenvalue weighted by atomic mass is 16.3. The average molecular weight is 196 g/mol. The minimum atomic E-state index is -0.206. The molecule has 1 aromatic rings. The Morgan fingerprint density at radius 3 is 2.86 bits per heavy atom. The molecule has 1 amide bonds. The summed E-state index contributed by atoms with van der Waals surface area (Å²) in [6, 6.07) is 3.46. The molecule has 0 bridgehead atoms. The normalized spacial score (nSPS) is 12.5. The molecule has 0 saturated heterocycles. The molecule has 3 N–H and O–H groups in total. The highest BCUT2D eigenvalue weighted by Gasteiger charge is 2.12. The first kappa shape index (κ1) is 10.8. The lowest BCUT2D eigenvalue weighted by Gasteiger charge is -2.09. The Labute approximate surface area is 83.5 Å². The van der Waals surface area contributed by atoms with E-state index in [0.29, 0.717) is 12.3 Å². The van der Waals surface area contributed by atoms with Gasteiger partial charge in [-0.05, 0) is 19.1 Å². The molecular weight excluding hydrogens is 180 g/mol. The predicted molar refractivity (Wildman–Crippen MR) is 54.1 cm³/mol. The number of nitrogens with one attached hydrogen (secondary N) is 1. The quantitative estimate of drug-likeness (QED) is 0.752. The van der Waals surface area contributed by atoms with E-state index in [4.69, 9.17) is 10.2 Å². The molecule has 0 aliphatic heterocycles. The molecule has 1 heterocycles. The lowest BCUT2D eigenvalue weighted by atomic mass is 10.3. The Bertz CT molecular complexity index is 307. The molecule has 1 aromatic heterocycles. The molecule has 0 saturated carbocycles. The van der Waals surface area contributed by atoms with Gasteiger partial charge >= 0.3 is 0 Å². The third-order valence-corrected chi connectivity index (χ3v) is 1.96. The van der Waals surface area contributed by atoms with Crippen molar-refractivity contribution in [2.75, 3.05) is 6.54 Å². The van der Waals surface area contributed by atoms with E-state index in [-0.39, 0.29) is 11.9 Å². The fourth-order valence-corrected chi connectivity index (χ4v) is 1.04. The number of carbonyl (C=O) groups excluding carboxylic acids is 1. The largest absolute Gasteiger partial charge is 0.456 e. The lowest BCUT2D eigenvalue weighted by molar-refractivity contribution is 0.0911. The van der Waals surface area contributed by atoms with Gasteiger partial charge in [0.25, 0.3) is 5.91 Å². The smallest absolute Gasteiger partial charge is 0.287 e. The zero-order valence-electron chi connectivity index (χ0n) is 8.54. The second-order valence-corrected chi connectivity index (χ2v) is 3.23. The topological polar surface area (TPSA) is 68.3 Å². The summed E-state index contributed by atoms with van der Waals surface area (Å²) in [5.74, 6) is 0.959. The lowest BCUT2D eigenvalue weighted by Crippen LogP contribution is -2.37. The van der Waals surface area contributed by atoms with Gasteiger partial charge in [0.05, 0.1) is 0 Å². The number of amides is 1. The molecular formula is C10H16N2O2. The van der Waals surface area contributed by atoms with Crippen LogP contribution in [0.1, 0.15) is 30.2 Å². The van der Waals surface area contributed by atoms with Crippen LogP contribution in [0, 0.1) is 0 Å². The standard InChI is InChI=1S/C10H16N2O2/c1-3-8-4-5-9(14-8)10(13)12-7(2)6-11/h4-5,7H,3,6,11H2,1-2H3,(H,12,13)/t7-/m1/s1. The molecule has 4 heteroatoms. The second-order valence-electron chi connectivity index (χ2n) is 3.23.